The third-order valence-corrected chi connectivity index (χ3v) is 4.14. The molecule has 3 rings (SSSR count). The summed E-state index contributed by atoms with van der Waals surface area (Å²) in [5.74, 6) is -2.46. The van der Waals surface area contributed by atoms with Gasteiger partial charge in [0.25, 0.3) is 0 Å². The number of hydrogen-bond acceptors (Lipinski definition) is 3. The third-order valence-electron chi connectivity index (χ3n) is 4.14. The summed E-state index contributed by atoms with van der Waals surface area (Å²) in [7, 11) is 0. The Labute approximate surface area is 115 Å². The zero-order chi connectivity index (χ0) is 14.2. The first-order valence-corrected chi connectivity index (χ1v) is 6.81. The fourth-order valence-corrected chi connectivity index (χ4v) is 3.05. The zero-order valence-corrected chi connectivity index (χ0v) is 11.0. The van der Waals surface area contributed by atoms with Crippen molar-refractivity contribution in [3.8, 4) is 0 Å². The number of hydrogen-bond donors (Lipinski definition) is 0. The molecule has 5 heteroatoms. The summed E-state index contributed by atoms with van der Waals surface area (Å²) in [6, 6.07) is 3.49. The quantitative estimate of drug-likeness (QED) is 0.782. The van der Waals surface area contributed by atoms with Gasteiger partial charge in [-0.15, -0.1) is 0 Å². The summed E-state index contributed by atoms with van der Waals surface area (Å²) < 4.78 is 38.5. The van der Waals surface area contributed by atoms with Crippen molar-refractivity contribution in [1.82, 2.24) is 0 Å². The van der Waals surface area contributed by atoms with Crippen molar-refractivity contribution < 1.29 is 23.0 Å². The van der Waals surface area contributed by atoms with Crippen molar-refractivity contribution in [2.24, 2.45) is 5.92 Å². The van der Waals surface area contributed by atoms with Gasteiger partial charge in [-0.05, 0) is 25.0 Å². The Morgan fingerprint density at radius 3 is 2.65 bits per heavy atom. The highest BCUT2D eigenvalue weighted by atomic mass is 19.1. The molecule has 0 aromatic heterocycles. The molecule has 0 bridgehead atoms. The molecule has 108 valence electrons. The Bertz CT molecular complexity index is 504. The highest BCUT2D eigenvalue weighted by molar-refractivity contribution is 5.98. The predicted octanol–water partition coefficient (Wildman–Crippen LogP) is 2.73. The van der Waals surface area contributed by atoms with Crippen LogP contribution in [0.5, 0.6) is 0 Å². The van der Waals surface area contributed by atoms with E-state index < -0.39 is 34.5 Å². The van der Waals surface area contributed by atoms with Crippen molar-refractivity contribution in [3.05, 3.63) is 35.4 Å². The largest absolute Gasteiger partial charge is 0.378 e. The van der Waals surface area contributed by atoms with Gasteiger partial charge >= 0.3 is 0 Å². The highest BCUT2D eigenvalue weighted by Gasteiger charge is 2.43. The number of rotatable bonds is 2. The molecule has 0 aliphatic carbocycles. The maximum Gasteiger partial charge on any atom is 0.172 e. The van der Waals surface area contributed by atoms with Crippen molar-refractivity contribution in [2.45, 2.75) is 24.9 Å². The van der Waals surface area contributed by atoms with Gasteiger partial charge in [0.2, 0.25) is 0 Å². The highest BCUT2D eigenvalue weighted by Crippen LogP contribution is 2.37. The van der Waals surface area contributed by atoms with Crippen molar-refractivity contribution in [2.75, 3.05) is 19.8 Å². The summed E-state index contributed by atoms with van der Waals surface area (Å²) in [6.45, 7) is 1.49. The summed E-state index contributed by atoms with van der Waals surface area (Å²) in [5, 5.41) is 0. The number of benzene rings is 1. The SMILES string of the molecule is O=C(c1c(F)cccc1F)C1CCOC2(CCOC2)C1. The Balaban J connectivity index is 1.83. The monoisotopic (exact) mass is 282 g/mol. The molecular formula is C15H16F2O3. The summed E-state index contributed by atoms with van der Waals surface area (Å²) in [6.07, 6.45) is 1.70. The summed E-state index contributed by atoms with van der Waals surface area (Å²) in [4.78, 5) is 12.4. The van der Waals surface area contributed by atoms with E-state index in [2.05, 4.69) is 0 Å². The van der Waals surface area contributed by atoms with Crippen LogP contribution in [-0.4, -0.2) is 31.2 Å². The molecule has 0 radical (unpaired) electrons. The van der Waals surface area contributed by atoms with Gasteiger partial charge in [-0.25, -0.2) is 8.78 Å². The van der Waals surface area contributed by atoms with Crippen LogP contribution < -0.4 is 0 Å². The van der Waals surface area contributed by atoms with Gasteiger partial charge < -0.3 is 9.47 Å². The Morgan fingerprint density at radius 1 is 1.25 bits per heavy atom. The second kappa shape index (κ2) is 5.22. The number of carbonyl (C=O) groups is 1. The molecule has 1 spiro atoms. The summed E-state index contributed by atoms with van der Waals surface area (Å²) >= 11 is 0. The van der Waals surface area contributed by atoms with Crippen LogP contribution in [-0.2, 0) is 9.47 Å². The Kier molecular flexibility index (Phi) is 3.56. The van der Waals surface area contributed by atoms with Crippen LogP contribution in [0.3, 0.4) is 0 Å². The molecule has 2 heterocycles. The van der Waals surface area contributed by atoms with Crippen LogP contribution in [0.15, 0.2) is 18.2 Å². The van der Waals surface area contributed by atoms with Crippen molar-refractivity contribution in [1.29, 1.82) is 0 Å². The Hall–Kier alpha value is -1.33. The van der Waals surface area contributed by atoms with E-state index in [1.807, 2.05) is 0 Å². The molecule has 3 nitrogen and oxygen atoms in total. The standard InChI is InChI=1S/C15H16F2O3/c16-11-2-1-3-12(17)13(11)14(18)10-4-6-20-15(8-10)5-7-19-9-15/h1-3,10H,4-9H2. The normalized spacial score (nSPS) is 29.8. The molecule has 2 atom stereocenters. The zero-order valence-electron chi connectivity index (χ0n) is 11.0. The van der Waals surface area contributed by atoms with Crippen molar-refractivity contribution in [3.63, 3.8) is 0 Å². The van der Waals surface area contributed by atoms with E-state index in [-0.39, 0.29) is 0 Å². The molecule has 2 aliphatic rings. The van der Waals surface area contributed by atoms with E-state index >= 15 is 0 Å². The molecule has 0 amide bonds. The number of halogens is 2. The molecule has 2 saturated heterocycles. The smallest absolute Gasteiger partial charge is 0.172 e. The average Bonchev–Trinajstić information content (AvgIpc) is 2.86. The second-order valence-corrected chi connectivity index (χ2v) is 5.48. The lowest BCUT2D eigenvalue weighted by molar-refractivity contribution is -0.0921. The van der Waals surface area contributed by atoms with Gasteiger partial charge in [-0.2, -0.15) is 0 Å². The third kappa shape index (κ3) is 2.36. The molecule has 20 heavy (non-hydrogen) atoms. The molecule has 1 aromatic rings. The van der Waals surface area contributed by atoms with Gasteiger partial charge in [0.1, 0.15) is 11.6 Å². The second-order valence-electron chi connectivity index (χ2n) is 5.48. The van der Waals surface area contributed by atoms with E-state index in [1.165, 1.54) is 6.07 Å². The molecule has 2 unspecified atom stereocenters. The van der Waals surface area contributed by atoms with Crippen molar-refractivity contribution >= 4 is 5.78 Å². The lowest BCUT2D eigenvalue weighted by Crippen LogP contribution is -2.42. The first-order chi connectivity index (χ1) is 9.61. The van der Waals surface area contributed by atoms with E-state index in [9.17, 15) is 13.6 Å². The van der Waals surface area contributed by atoms with Crippen LogP contribution in [0.4, 0.5) is 8.78 Å². The first-order valence-electron chi connectivity index (χ1n) is 6.81. The fraction of sp³-hybridized carbons (Fsp3) is 0.533. The average molecular weight is 282 g/mol. The number of ether oxygens (including phenoxy) is 2. The van der Waals surface area contributed by atoms with Gasteiger partial charge in [0.15, 0.2) is 5.78 Å². The lowest BCUT2D eigenvalue weighted by atomic mass is 9.81. The van der Waals surface area contributed by atoms with Crippen LogP contribution in [0.25, 0.3) is 0 Å². The molecule has 1 aromatic carbocycles. The molecule has 0 saturated carbocycles. The van der Waals surface area contributed by atoms with Gasteiger partial charge in [-0.3, -0.25) is 4.79 Å². The first kappa shape index (κ1) is 13.6. The van der Waals surface area contributed by atoms with Crippen LogP contribution in [0, 0.1) is 17.6 Å². The molecule has 0 N–H and O–H groups in total. The minimum atomic E-state index is -0.793. The maximum absolute atomic E-state index is 13.7. The Morgan fingerprint density at radius 2 is 2.00 bits per heavy atom. The van der Waals surface area contributed by atoms with E-state index in [1.54, 1.807) is 0 Å². The van der Waals surface area contributed by atoms with E-state index in [0.29, 0.717) is 32.7 Å². The van der Waals surface area contributed by atoms with Crippen LogP contribution in [0.1, 0.15) is 29.6 Å². The number of carbonyl (C=O) groups excluding carboxylic acids is 1. The van der Waals surface area contributed by atoms with E-state index in [4.69, 9.17) is 9.47 Å². The summed E-state index contributed by atoms with van der Waals surface area (Å²) in [5.41, 5.74) is -0.867. The molecular weight excluding hydrogens is 266 g/mol. The van der Waals surface area contributed by atoms with Crippen LogP contribution >= 0.6 is 0 Å². The predicted molar refractivity (Wildman–Crippen MR) is 67.5 cm³/mol. The lowest BCUT2D eigenvalue weighted by Gasteiger charge is -2.36. The number of ketones is 1. The minimum Gasteiger partial charge on any atom is -0.378 e. The van der Waals surface area contributed by atoms with Crippen LogP contribution in [0.2, 0.25) is 0 Å². The van der Waals surface area contributed by atoms with Gasteiger partial charge in [0, 0.05) is 25.6 Å². The van der Waals surface area contributed by atoms with Gasteiger partial charge in [-0.1, -0.05) is 6.07 Å². The molecule has 2 fully saturated rings. The van der Waals surface area contributed by atoms with Gasteiger partial charge in [0.05, 0.1) is 17.8 Å². The maximum atomic E-state index is 13.7. The number of Topliss-reactive ketones (excluding diaryl/α,β-unsaturated/α-hetero) is 1. The molecule has 2 aliphatic heterocycles. The van der Waals surface area contributed by atoms with E-state index in [0.717, 1.165) is 18.6 Å². The topological polar surface area (TPSA) is 35.5 Å². The fourth-order valence-electron chi connectivity index (χ4n) is 3.05. The minimum absolute atomic E-state index is 0.406.